The lowest BCUT2D eigenvalue weighted by Crippen LogP contribution is -2.43. The summed E-state index contributed by atoms with van der Waals surface area (Å²) in [4.78, 5) is 13.0. The normalized spacial score (nSPS) is 25.0. The molecule has 2 N–H and O–H groups in total. The molecule has 18 heavy (non-hydrogen) atoms. The molecule has 0 bridgehead atoms. The van der Waals surface area contributed by atoms with Crippen molar-refractivity contribution in [3.63, 3.8) is 0 Å². The summed E-state index contributed by atoms with van der Waals surface area (Å²) in [5.41, 5.74) is 1.39. The first-order valence-electron chi connectivity index (χ1n) is 6.30. The van der Waals surface area contributed by atoms with E-state index in [-0.39, 0.29) is 6.10 Å². The summed E-state index contributed by atoms with van der Waals surface area (Å²) in [6.45, 7) is 3.62. The molecule has 0 amide bonds. The van der Waals surface area contributed by atoms with Crippen molar-refractivity contribution in [2.45, 2.75) is 38.5 Å². The molecule has 1 aliphatic rings. The minimum Gasteiger partial charge on any atom is -0.478 e. The van der Waals surface area contributed by atoms with Crippen LogP contribution >= 0.6 is 0 Å². The van der Waals surface area contributed by atoms with Crippen LogP contribution < -0.4 is 0 Å². The Balaban J connectivity index is 2.02. The topological polar surface area (TPSA) is 60.8 Å². The minimum atomic E-state index is -0.900. The molecule has 1 heterocycles. The number of carboxylic acids is 1. The standard InChI is InChI=1S/C14H19NO3/c1-10-2-7-13(16)9-15(10)8-11-3-5-12(6-4-11)14(17)18/h3-6,10,13,16H,2,7-9H2,1H3,(H,17,18)/t10-,13-/m0/s1. The highest BCUT2D eigenvalue weighted by Gasteiger charge is 2.23. The molecule has 98 valence electrons. The van der Waals surface area contributed by atoms with Gasteiger partial charge in [0.2, 0.25) is 0 Å². The van der Waals surface area contributed by atoms with Crippen LogP contribution in [0.1, 0.15) is 35.7 Å². The highest BCUT2D eigenvalue weighted by molar-refractivity contribution is 5.87. The van der Waals surface area contributed by atoms with E-state index in [9.17, 15) is 9.90 Å². The second kappa shape index (κ2) is 5.50. The number of aromatic carboxylic acids is 1. The zero-order chi connectivity index (χ0) is 13.1. The van der Waals surface area contributed by atoms with Gasteiger partial charge in [0.05, 0.1) is 11.7 Å². The van der Waals surface area contributed by atoms with Crippen molar-refractivity contribution >= 4 is 5.97 Å². The SMILES string of the molecule is C[C@H]1CC[C@H](O)CN1Cc1ccc(C(=O)O)cc1. The number of carbonyl (C=O) groups is 1. The van der Waals surface area contributed by atoms with E-state index in [2.05, 4.69) is 11.8 Å². The third-order valence-corrected chi connectivity index (χ3v) is 3.57. The molecule has 4 heteroatoms. The first-order valence-corrected chi connectivity index (χ1v) is 6.30. The number of piperidine rings is 1. The number of nitrogens with zero attached hydrogens (tertiary/aromatic N) is 1. The average molecular weight is 249 g/mol. The number of aliphatic hydroxyl groups excluding tert-OH is 1. The fourth-order valence-electron chi connectivity index (χ4n) is 2.37. The summed E-state index contributed by atoms with van der Waals surface area (Å²) in [5, 5.41) is 18.5. The monoisotopic (exact) mass is 249 g/mol. The summed E-state index contributed by atoms with van der Waals surface area (Å²) in [5.74, 6) is -0.900. The molecule has 2 rings (SSSR count). The predicted molar refractivity (Wildman–Crippen MR) is 68.5 cm³/mol. The summed E-state index contributed by atoms with van der Waals surface area (Å²) in [6.07, 6.45) is 1.64. The summed E-state index contributed by atoms with van der Waals surface area (Å²) in [6, 6.07) is 7.41. The van der Waals surface area contributed by atoms with Gasteiger partial charge in [-0.15, -0.1) is 0 Å². The van der Waals surface area contributed by atoms with Crippen LogP contribution in [-0.2, 0) is 6.54 Å². The minimum absolute atomic E-state index is 0.237. The van der Waals surface area contributed by atoms with Crippen molar-refractivity contribution < 1.29 is 15.0 Å². The fraction of sp³-hybridized carbons (Fsp3) is 0.500. The van der Waals surface area contributed by atoms with Gasteiger partial charge in [-0.05, 0) is 37.5 Å². The van der Waals surface area contributed by atoms with Crippen molar-refractivity contribution in [1.29, 1.82) is 0 Å². The molecular weight excluding hydrogens is 230 g/mol. The Hall–Kier alpha value is -1.39. The van der Waals surface area contributed by atoms with Crippen molar-refractivity contribution in [2.75, 3.05) is 6.54 Å². The summed E-state index contributed by atoms with van der Waals surface area (Å²) < 4.78 is 0. The van der Waals surface area contributed by atoms with E-state index >= 15 is 0 Å². The Bertz CT molecular complexity index is 416. The number of β-amino-alcohol motifs (C(OH)–C–C–N with tert-alkyl or cyclic N) is 1. The molecule has 4 nitrogen and oxygen atoms in total. The summed E-state index contributed by atoms with van der Waals surface area (Å²) >= 11 is 0. The molecule has 0 aliphatic carbocycles. The average Bonchev–Trinajstić information content (AvgIpc) is 2.34. The number of rotatable bonds is 3. The Morgan fingerprint density at radius 1 is 1.33 bits per heavy atom. The van der Waals surface area contributed by atoms with Gasteiger partial charge in [0.1, 0.15) is 0 Å². The maximum absolute atomic E-state index is 10.8. The zero-order valence-electron chi connectivity index (χ0n) is 10.5. The molecular formula is C14H19NO3. The van der Waals surface area contributed by atoms with Gasteiger partial charge in [0.15, 0.2) is 0 Å². The Morgan fingerprint density at radius 2 is 2.00 bits per heavy atom. The number of likely N-dealkylation sites (tertiary alicyclic amines) is 1. The smallest absolute Gasteiger partial charge is 0.335 e. The van der Waals surface area contributed by atoms with E-state index < -0.39 is 5.97 Å². The molecule has 0 radical (unpaired) electrons. The molecule has 1 saturated heterocycles. The molecule has 0 saturated carbocycles. The van der Waals surface area contributed by atoms with Crippen molar-refractivity contribution in [3.05, 3.63) is 35.4 Å². The molecule has 1 aromatic carbocycles. The van der Waals surface area contributed by atoms with Crippen LogP contribution in [0.15, 0.2) is 24.3 Å². The maximum atomic E-state index is 10.8. The molecule has 2 atom stereocenters. The molecule has 1 fully saturated rings. The molecule has 0 unspecified atom stereocenters. The number of hydrogen-bond donors (Lipinski definition) is 2. The van der Waals surface area contributed by atoms with E-state index in [0.717, 1.165) is 24.9 Å². The van der Waals surface area contributed by atoms with Gasteiger partial charge < -0.3 is 10.2 Å². The predicted octanol–water partition coefficient (Wildman–Crippen LogP) is 1.73. The number of benzene rings is 1. The first kappa shape index (κ1) is 13.1. The summed E-state index contributed by atoms with van der Waals surface area (Å²) in [7, 11) is 0. The highest BCUT2D eigenvalue weighted by Crippen LogP contribution is 2.19. The Kier molecular flexibility index (Phi) is 3.99. The van der Waals surface area contributed by atoms with Crippen LogP contribution in [0.2, 0.25) is 0 Å². The van der Waals surface area contributed by atoms with Crippen LogP contribution in [0.25, 0.3) is 0 Å². The van der Waals surface area contributed by atoms with E-state index in [1.807, 2.05) is 12.1 Å². The van der Waals surface area contributed by atoms with Crippen molar-refractivity contribution in [2.24, 2.45) is 0 Å². The van der Waals surface area contributed by atoms with Crippen LogP contribution in [-0.4, -0.2) is 39.8 Å². The van der Waals surface area contributed by atoms with Gasteiger partial charge in [-0.25, -0.2) is 4.79 Å². The maximum Gasteiger partial charge on any atom is 0.335 e. The van der Waals surface area contributed by atoms with Crippen LogP contribution in [0.5, 0.6) is 0 Å². The van der Waals surface area contributed by atoms with Gasteiger partial charge in [0.25, 0.3) is 0 Å². The Morgan fingerprint density at radius 3 is 2.61 bits per heavy atom. The second-order valence-electron chi connectivity index (χ2n) is 5.01. The van der Waals surface area contributed by atoms with Gasteiger partial charge in [-0.2, -0.15) is 0 Å². The Labute approximate surface area is 107 Å². The highest BCUT2D eigenvalue weighted by atomic mass is 16.4. The van der Waals surface area contributed by atoms with Crippen LogP contribution in [0.4, 0.5) is 0 Å². The van der Waals surface area contributed by atoms with E-state index in [1.165, 1.54) is 0 Å². The number of aliphatic hydroxyl groups is 1. The third kappa shape index (κ3) is 3.09. The van der Waals surface area contributed by atoms with Crippen LogP contribution in [0.3, 0.4) is 0 Å². The molecule has 0 spiro atoms. The lowest BCUT2D eigenvalue weighted by molar-refractivity contribution is 0.0365. The van der Waals surface area contributed by atoms with Crippen molar-refractivity contribution in [3.8, 4) is 0 Å². The largest absolute Gasteiger partial charge is 0.478 e. The number of hydrogen-bond acceptors (Lipinski definition) is 3. The van der Waals surface area contributed by atoms with Crippen LogP contribution in [0, 0.1) is 0 Å². The fourth-order valence-corrected chi connectivity index (χ4v) is 2.37. The lowest BCUT2D eigenvalue weighted by atomic mass is 10.0. The molecule has 0 aromatic heterocycles. The third-order valence-electron chi connectivity index (χ3n) is 3.57. The van der Waals surface area contributed by atoms with Gasteiger partial charge in [-0.3, -0.25) is 4.90 Å². The van der Waals surface area contributed by atoms with E-state index in [1.54, 1.807) is 12.1 Å². The number of carboxylic acid groups (broad SMARTS) is 1. The van der Waals surface area contributed by atoms with Crippen molar-refractivity contribution in [1.82, 2.24) is 4.90 Å². The second-order valence-corrected chi connectivity index (χ2v) is 5.01. The molecule has 1 aliphatic heterocycles. The zero-order valence-corrected chi connectivity index (χ0v) is 10.5. The van der Waals surface area contributed by atoms with Gasteiger partial charge in [-0.1, -0.05) is 12.1 Å². The molecule has 1 aromatic rings. The first-order chi connectivity index (χ1) is 8.56. The van der Waals surface area contributed by atoms with Gasteiger partial charge in [0, 0.05) is 19.1 Å². The van der Waals surface area contributed by atoms with E-state index in [0.29, 0.717) is 18.2 Å². The van der Waals surface area contributed by atoms with Gasteiger partial charge >= 0.3 is 5.97 Å². The lowest BCUT2D eigenvalue weighted by Gasteiger charge is -2.36. The van der Waals surface area contributed by atoms with E-state index in [4.69, 9.17) is 5.11 Å². The quantitative estimate of drug-likeness (QED) is 0.856.